The molecule has 0 radical (unpaired) electrons. The number of benzene rings is 1. The molecule has 0 atom stereocenters. The van der Waals surface area contributed by atoms with Gasteiger partial charge in [0.1, 0.15) is 5.75 Å². The highest BCUT2D eigenvalue weighted by molar-refractivity contribution is 7.89. The van der Waals surface area contributed by atoms with E-state index < -0.39 is 20.0 Å². The summed E-state index contributed by atoms with van der Waals surface area (Å²) in [5, 5.41) is 0. The van der Waals surface area contributed by atoms with Gasteiger partial charge in [-0.1, -0.05) is 12.8 Å². The summed E-state index contributed by atoms with van der Waals surface area (Å²) in [6.45, 7) is 2.54. The van der Waals surface area contributed by atoms with Gasteiger partial charge in [-0.2, -0.15) is 4.31 Å². The molecule has 1 aliphatic carbocycles. The molecule has 0 heterocycles. The molecule has 1 saturated carbocycles. The first-order valence-corrected chi connectivity index (χ1v) is 11.8. The van der Waals surface area contributed by atoms with Crippen LogP contribution in [0.15, 0.2) is 29.2 Å². The second kappa shape index (κ2) is 8.48. The Balaban J connectivity index is 1.98. The van der Waals surface area contributed by atoms with Crippen LogP contribution >= 0.6 is 0 Å². The molecule has 25 heavy (non-hydrogen) atoms. The van der Waals surface area contributed by atoms with Crippen molar-refractivity contribution >= 4 is 20.0 Å². The van der Waals surface area contributed by atoms with Crippen LogP contribution < -0.4 is 9.46 Å². The second-order valence-corrected chi connectivity index (χ2v) is 9.82. The number of nitrogens with zero attached hydrogens (tertiary/aromatic N) is 1. The lowest BCUT2D eigenvalue weighted by Crippen LogP contribution is -2.43. The van der Waals surface area contributed by atoms with Gasteiger partial charge in [-0.05, 0) is 44.0 Å². The molecule has 1 fully saturated rings. The SMILES string of the molecule is CCOc1ccc(S(=O)(=O)NCCN(C2CCCC2)S(C)(=O)=O)cc1. The van der Waals surface area contributed by atoms with Crippen LogP contribution in [0.25, 0.3) is 0 Å². The van der Waals surface area contributed by atoms with E-state index in [2.05, 4.69) is 4.72 Å². The maximum atomic E-state index is 12.3. The van der Waals surface area contributed by atoms with Crippen molar-refractivity contribution in [3.8, 4) is 5.75 Å². The van der Waals surface area contributed by atoms with Gasteiger partial charge in [0, 0.05) is 19.1 Å². The van der Waals surface area contributed by atoms with Crippen LogP contribution in [0.2, 0.25) is 0 Å². The molecule has 7 nitrogen and oxygen atoms in total. The van der Waals surface area contributed by atoms with Gasteiger partial charge in [0.2, 0.25) is 20.0 Å². The number of hydrogen-bond donors (Lipinski definition) is 1. The standard InChI is InChI=1S/C16H26N2O5S2/c1-3-23-15-8-10-16(11-9-15)25(21,22)17-12-13-18(24(2,19)20)14-6-4-5-7-14/h8-11,14,17H,3-7,12-13H2,1-2H3. The Hall–Kier alpha value is -1.16. The minimum Gasteiger partial charge on any atom is -0.494 e. The first kappa shape index (κ1) is 20.2. The molecule has 0 saturated heterocycles. The number of rotatable bonds is 9. The summed E-state index contributed by atoms with van der Waals surface area (Å²) >= 11 is 0. The molecule has 0 bridgehead atoms. The van der Waals surface area contributed by atoms with Gasteiger partial charge in [-0.25, -0.2) is 21.6 Å². The molecule has 1 aromatic rings. The van der Waals surface area contributed by atoms with Crippen molar-refractivity contribution in [2.75, 3.05) is 26.0 Å². The molecular weight excluding hydrogens is 364 g/mol. The van der Waals surface area contributed by atoms with E-state index >= 15 is 0 Å². The Labute approximate surface area is 150 Å². The first-order valence-electron chi connectivity index (χ1n) is 8.43. The average Bonchev–Trinajstić information content (AvgIpc) is 3.05. The summed E-state index contributed by atoms with van der Waals surface area (Å²) in [6, 6.07) is 6.11. The van der Waals surface area contributed by atoms with Crippen molar-refractivity contribution in [2.24, 2.45) is 0 Å². The van der Waals surface area contributed by atoms with Crippen molar-refractivity contribution in [3.05, 3.63) is 24.3 Å². The third-order valence-electron chi connectivity index (χ3n) is 4.23. The van der Waals surface area contributed by atoms with E-state index in [1.807, 2.05) is 6.92 Å². The molecule has 0 aromatic heterocycles. The van der Waals surface area contributed by atoms with Crippen molar-refractivity contribution < 1.29 is 21.6 Å². The second-order valence-electron chi connectivity index (χ2n) is 6.11. The lowest BCUT2D eigenvalue weighted by Gasteiger charge is -2.26. The summed E-state index contributed by atoms with van der Waals surface area (Å²) in [5.41, 5.74) is 0. The average molecular weight is 391 g/mol. The van der Waals surface area contributed by atoms with Crippen molar-refractivity contribution in [1.82, 2.24) is 9.03 Å². The number of hydrogen-bond acceptors (Lipinski definition) is 5. The van der Waals surface area contributed by atoms with Crippen molar-refractivity contribution in [2.45, 2.75) is 43.5 Å². The summed E-state index contributed by atoms with van der Waals surface area (Å²) in [4.78, 5) is 0.128. The van der Waals surface area contributed by atoms with Crippen LogP contribution in [0, 0.1) is 0 Å². The monoisotopic (exact) mass is 390 g/mol. The van der Waals surface area contributed by atoms with E-state index in [-0.39, 0.29) is 24.0 Å². The van der Waals surface area contributed by atoms with Crippen LogP contribution in [0.3, 0.4) is 0 Å². The molecule has 0 amide bonds. The third-order valence-corrected chi connectivity index (χ3v) is 7.04. The van der Waals surface area contributed by atoms with E-state index in [1.54, 1.807) is 12.1 Å². The van der Waals surface area contributed by atoms with E-state index in [4.69, 9.17) is 4.74 Å². The maximum Gasteiger partial charge on any atom is 0.240 e. The van der Waals surface area contributed by atoms with Crippen LogP contribution in [-0.4, -0.2) is 53.1 Å². The van der Waals surface area contributed by atoms with Crippen LogP contribution in [0.1, 0.15) is 32.6 Å². The molecule has 0 aliphatic heterocycles. The van der Waals surface area contributed by atoms with E-state index in [0.29, 0.717) is 12.4 Å². The fourth-order valence-electron chi connectivity index (χ4n) is 3.07. The highest BCUT2D eigenvalue weighted by atomic mass is 32.2. The zero-order chi connectivity index (χ0) is 18.5. The Bertz CT molecular complexity index is 754. The van der Waals surface area contributed by atoms with Gasteiger partial charge >= 0.3 is 0 Å². The van der Waals surface area contributed by atoms with Gasteiger partial charge in [-0.15, -0.1) is 0 Å². The number of sulfonamides is 2. The van der Waals surface area contributed by atoms with Gasteiger partial charge in [-0.3, -0.25) is 0 Å². The third kappa shape index (κ3) is 5.67. The normalized spacial score (nSPS) is 16.4. The number of nitrogens with one attached hydrogen (secondary N) is 1. The Morgan fingerprint density at radius 3 is 2.24 bits per heavy atom. The molecule has 0 spiro atoms. The first-order chi connectivity index (χ1) is 11.7. The molecular formula is C16H26N2O5S2. The predicted molar refractivity (Wildman–Crippen MR) is 96.6 cm³/mol. The molecule has 9 heteroatoms. The van der Waals surface area contributed by atoms with Crippen LogP contribution in [-0.2, 0) is 20.0 Å². The minimum atomic E-state index is -3.68. The van der Waals surface area contributed by atoms with Crippen LogP contribution in [0.4, 0.5) is 0 Å². The summed E-state index contributed by atoms with van der Waals surface area (Å²) < 4.78 is 57.8. The molecule has 142 valence electrons. The Morgan fingerprint density at radius 1 is 1.12 bits per heavy atom. The summed E-state index contributed by atoms with van der Waals surface area (Å²) in [6.07, 6.45) is 4.85. The highest BCUT2D eigenvalue weighted by Gasteiger charge is 2.29. The van der Waals surface area contributed by atoms with E-state index in [9.17, 15) is 16.8 Å². The van der Waals surface area contributed by atoms with Crippen molar-refractivity contribution in [3.63, 3.8) is 0 Å². The largest absolute Gasteiger partial charge is 0.494 e. The lowest BCUT2D eigenvalue weighted by atomic mass is 10.2. The van der Waals surface area contributed by atoms with E-state index in [1.165, 1.54) is 22.7 Å². The van der Waals surface area contributed by atoms with E-state index in [0.717, 1.165) is 25.7 Å². The highest BCUT2D eigenvalue weighted by Crippen LogP contribution is 2.25. The molecule has 1 N–H and O–H groups in total. The molecule has 2 rings (SSSR count). The van der Waals surface area contributed by atoms with Gasteiger partial charge in [0.25, 0.3) is 0 Å². The zero-order valence-electron chi connectivity index (χ0n) is 14.6. The molecule has 1 aromatic carbocycles. The fraction of sp³-hybridized carbons (Fsp3) is 0.625. The molecule has 1 aliphatic rings. The quantitative estimate of drug-likeness (QED) is 0.691. The van der Waals surface area contributed by atoms with Crippen molar-refractivity contribution in [1.29, 1.82) is 0 Å². The summed E-state index contributed by atoms with van der Waals surface area (Å²) in [7, 11) is -7.04. The van der Waals surface area contributed by atoms with Crippen LogP contribution in [0.5, 0.6) is 5.75 Å². The van der Waals surface area contributed by atoms with Gasteiger partial charge in [0.15, 0.2) is 0 Å². The Kier molecular flexibility index (Phi) is 6.84. The van der Waals surface area contributed by atoms with Gasteiger partial charge < -0.3 is 4.74 Å². The number of ether oxygens (including phenoxy) is 1. The Morgan fingerprint density at radius 2 is 1.72 bits per heavy atom. The summed E-state index contributed by atoms with van der Waals surface area (Å²) in [5.74, 6) is 0.603. The minimum absolute atomic E-state index is 0.0232. The zero-order valence-corrected chi connectivity index (χ0v) is 16.3. The smallest absolute Gasteiger partial charge is 0.240 e. The van der Waals surface area contributed by atoms with Gasteiger partial charge in [0.05, 0.1) is 17.8 Å². The lowest BCUT2D eigenvalue weighted by molar-refractivity contribution is 0.328. The predicted octanol–water partition coefficient (Wildman–Crippen LogP) is 1.57. The molecule has 0 unspecified atom stereocenters. The maximum absolute atomic E-state index is 12.3. The fourth-order valence-corrected chi connectivity index (χ4v) is 5.26. The topological polar surface area (TPSA) is 92.8 Å².